The van der Waals surface area contributed by atoms with E-state index in [4.69, 9.17) is 18.9 Å². The highest BCUT2D eigenvalue weighted by Crippen LogP contribution is 2.37. The van der Waals surface area contributed by atoms with Crippen LogP contribution in [0.5, 0.6) is 17.2 Å². The number of benzene rings is 3. The summed E-state index contributed by atoms with van der Waals surface area (Å²) in [6.45, 7) is 5.51. The summed E-state index contributed by atoms with van der Waals surface area (Å²) in [5.41, 5.74) is 2.35. The number of nitrogens with zero attached hydrogens (tertiary/aromatic N) is 3. The fourth-order valence-corrected chi connectivity index (χ4v) is 8.38. The third kappa shape index (κ3) is 8.61. The van der Waals surface area contributed by atoms with Crippen LogP contribution in [0, 0.1) is 17.3 Å². The Balaban J connectivity index is 1.54. The van der Waals surface area contributed by atoms with E-state index in [2.05, 4.69) is 54.9 Å². The molecule has 1 aliphatic heterocycles. The van der Waals surface area contributed by atoms with Crippen molar-refractivity contribution in [3.05, 3.63) is 120 Å². The number of nitro benzene ring substituents is 1. The number of aromatic nitrogens is 1. The molecule has 4 aromatic rings. The molecule has 266 valence electrons. The number of allylic oxidation sites excluding steroid dienone is 1. The average Bonchev–Trinajstić information content (AvgIpc) is 3.40. The number of carbonyl (C=O) groups is 2. The summed E-state index contributed by atoms with van der Waals surface area (Å²) in [5, 5.41) is 11.0. The SMILES string of the molecule is CCOC(=O)C1=C(C)N=c2s/c(=C\c3cc(I)c(OCc4ccc([N+](=O)[O-])cc4)c(I)c3)c(=O)n2[C@H]1c1ccc(OCC(=O)OC)c(OCC)c1. The van der Waals surface area contributed by atoms with E-state index < -0.39 is 22.9 Å². The van der Waals surface area contributed by atoms with Crippen LogP contribution >= 0.6 is 56.5 Å². The quantitative estimate of drug-likeness (QED) is 0.0732. The van der Waals surface area contributed by atoms with Gasteiger partial charge in [0.25, 0.3) is 11.2 Å². The Morgan fingerprint density at radius 1 is 1.00 bits per heavy atom. The van der Waals surface area contributed by atoms with Gasteiger partial charge < -0.3 is 23.7 Å². The maximum Gasteiger partial charge on any atom is 0.343 e. The molecule has 0 bridgehead atoms. The number of hydrogen-bond acceptors (Lipinski definition) is 12. The number of halogens is 2. The number of rotatable bonds is 13. The summed E-state index contributed by atoms with van der Waals surface area (Å²) in [5.74, 6) is 0.0908. The molecule has 0 amide bonds. The molecule has 5 rings (SSSR count). The first kappa shape index (κ1) is 37.9. The minimum absolute atomic E-state index is 0.00590. The lowest BCUT2D eigenvalue weighted by molar-refractivity contribution is -0.384. The van der Waals surface area contributed by atoms with Gasteiger partial charge in [-0.3, -0.25) is 19.5 Å². The van der Waals surface area contributed by atoms with Crippen LogP contribution < -0.4 is 29.1 Å². The maximum atomic E-state index is 14.2. The highest BCUT2D eigenvalue weighted by Gasteiger charge is 2.34. The second-order valence-electron chi connectivity index (χ2n) is 10.8. The van der Waals surface area contributed by atoms with E-state index in [9.17, 15) is 24.5 Å². The van der Waals surface area contributed by atoms with Crippen molar-refractivity contribution >= 4 is 80.2 Å². The van der Waals surface area contributed by atoms with Gasteiger partial charge in [-0.2, -0.15) is 0 Å². The van der Waals surface area contributed by atoms with Gasteiger partial charge >= 0.3 is 11.9 Å². The van der Waals surface area contributed by atoms with Gasteiger partial charge in [0.05, 0.1) is 54.2 Å². The van der Waals surface area contributed by atoms with E-state index in [0.717, 1.165) is 18.3 Å². The van der Waals surface area contributed by atoms with Crippen LogP contribution in [-0.2, 0) is 25.7 Å². The van der Waals surface area contributed by atoms with E-state index in [1.54, 1.807) is 57.2 Å². The first-order valence-corrected chi connectivity index (χ1v) is 18.4. The highest BCUT2D eigenvalue weighted by molar-refractivity contribution is 14.1. The lowest BCUT2D eigenvalue weighted by atomic mass is 9.95. The molecule has 0 saturated heterocycles. The smallest absolute Gasteiger partial charge is 0.343 e. The van der Waals surface area contributed by atoms with Crippen LogP contribution in [0.15, 0.2) is 75.7 Å². The average molecular weight is 940 g/mol. The number of methoxy groups -OCH3 is 1. The topological polar surface area (TPSA) is 158 Å². The Bertz CT molecular complexity index is 2190. The Morgan fingerprint density at radius 2 is 1.71 bits per heavy atom. The summed E-state index contributed by atoms with van der Waals surface area (Å²) in [7, 11) is 1.26. The van der Waals surface area contributed by atoms with Crippen LogP contribution in [0.3, 0.4) is 0 Å². The molecule has 0 aliphatic carbocycles. The molecule has 0 saturated carbocycles. The maximum absolute atomic E-state index is 14.2. The van der Waals surface area contributed by atoms with Crippen molar-refractivity contribution in [2.45, 2.75) is 33.4 Å². The van der Waals surface area contributed by atoms with Crippen molar-refractivity contribution in [1.29, 1.82) is 0 Å². The van der Waals surface area contributed by atoms with Gasteiger partial charge in [-0.05, 0) is 125 Å². The summed E-state index contributed by atoms with van der Waals surface area (Å²) in [6.07, 6.45) is 1.77. The third-order valence-corrected chi connectivity index (χ3v) is 10.1. The van der Waals surface area contributed by atoms with Crippen molar-refractivity contribution in [2.75, 3.05) is 26.9 Å². The number of nitro groups is 1. The molecule has 1 aliphatic rings. The minimum atomic E-state index is -0.896. The summed E-state index contributed by atoms with van der Waals surface area (Å²) in [6, 6.07) is 14.1. The van der Waals surface area contributed by atoms with Crippen molar-refractivity contribution in [3.63, 3.8) is 0 Å². The van der Waals surface area contributed by atoms with Gasteiger partial charge in [-0.1, -0.05) is 17.4 Å². The molecule has 0 spiro atoms. The standard InChI is InChI=1S/C35H31I2N3O10S/c1-5-47-27-16-22(9-12-26(27)49-18-29(41)46-4)31-30(34(43)48-6-2)19(3)38-35-39(31)33(42)28(51-35)15-21-13-24(36)32(25(37)14-21)50-17-20-7-10-23(11-8-20)40(44)45/h7-16,31H,5-6,17-18H2,1-4H3/b28-15-/t31-/m0/s1. The molecule has 3 aromatic carbocycles. The fourth-order valence-electron chi connectivity index (χ4n) is 5.21. The van der Waals surface area contributed by atoms with Crippen molar-refractivity contribution in [1.82, 2.24) is 4.57 Å². The van der Waals surface area contributed by atoms with E-state index in [1.807, 2.05) is 12.1 Å². The van der Waals surface area contributed by atoms with Crippen molar-refractivity contribution < 1.29 is 38.2 Å². The Labute approximate surface area is 323 Å². The number of thiazole rings is 1. The minimum Gasteiger partial charge on any atom is -0.490 e. The molecular formula is C35H31I2N3O10S. The van der Waals surface area contributed by atoms with E-state index in [-0.39, 0.29) is 36.6 Å². The molecule has 0 radical (unpaired) electrons. The zero-order valence-electron chi connectivity index (χ0n) is 27.8. The van der Waals surface area contributed by atoms with Gasteiger partial charge in [0, 0.05) is 12.1 Å². The Kier molecular flexibility index (Phi) is 12.5. The van der Waals surface area contributed by atoms with Gasteiger partial charge in [-0.25, -0.2) is 14.6 Å². The second kappa shape index (κ2) is 16.8. The summed E-state index contributed by atoms with van der Waals surface area (Å²) in [4.78, 5) is 54.9. The first-order chi connectivity index (χ1) is 24.4. The number of carbonyl (C=O) groups excluding carboxylic acids is 2. The van der Waals surface area contributed by atoms with E-state index in [1.165, 1.54) is 35.1 Å². The number of non-ortho nitro benzene ring substituents is 1. The lowest BCUT2D eigenvalue weighted by Gasteiger charge is -2.25. The molecular weight excluding hydrogens is 908 g/mol. The Morgan fingerprint density at radius 3 is 2.33 bits per heavy atom. The molecule has 0 unspecified atom stereocenters. The van der Waals surface area contributed by atoms with Crippen LogP contribution in [0.1, 0.15) is 43.5 Å². The molecule has 13 nitrogen and oxygen atoms in total. The van der Waals surface area contributed by atoms with Gasteiger partial charge in [0.2, 0.25) is 0 Å². The Hall–Kier alpha value is -4.30. The zero-order valence-corrected chi connectivity index (χ0v) is 32.9. The van der Waals surface area contributed by atoms with Crippen LogP contribution in [0.4, 0.5) is 5.69 Å². The zero-order chi connectivity index (χ0) is 36.8. The van der Waals surface area contributed by atoms with Gasteiger partial charge in [0.1, 0.15) is 12.4 Å². The third-order valence-electron chi connectivity index (χ3n) is 7.52. The monoisotopic (exact) mass is 939 g/mol. The molecule has 1 atom stereocenters. The van der Waals surface area contributed by atoms with E-state index in [0.29, 0.717) is 44.4 Å². The number of ether oxygens (including phenoxy) is 5. The molecule has 2 heterocycles. The van der Waals surface area contributed by atoms with Gasteiger partial charge in [-0.15, -0.1) is 0 Å². The highest BCUT2D eigenvalue weighted by atomic mass is 127. The number of esters is 2. The molecule has 0 N–H and O–H groups in total. The fraction of sp³-hybridized carbons (Fsp3) is 0.257. The normalized spacial score (nSPS) is 14.0. The molecule has 16 heteroatoms. The molecule has 51 heavy (non-hydrogen) atoms. The predicted octanol–water partition coefficient (Wildman–Crippen LogP) is 5.45. The summed E-state index contributed by atoms with van der Waals surface area (Å²) < 4.78 is 31.1. The molecule has 0 fully saturated rings. The van der Waals surface area contributed by atoms with Crippen molar-refractivity contribution in [3.8, 4) is 17.2 Å². The molecule has 1 aromatic heterocycles. The van der Waals surface area contributed by atoms with Crippen LogP contribution in [0.2, 0.25) is 0 Å². The number of fused-ring (bicyclic) bond motifs is 1. The van der Waals surface area contributed by atoms with Crippen LogP contribution in [0.25, 0.3) is 6.08 Å². The second-order valence-corrected chi connectivity index (χ2v) is 14.2. The van der Waals surface area contributed by atoms with Crippen LogP contribution in [-0.4, -0.2) is 48.4 Å². The first-order valence-electron chi connectivity index (χ1n) is 15.5. The van der Waals surface area contributed by atoms with E-state index >= 15 is 0 Å². The summed E-state index contributed by atoms with van der Waals surface area (Å²) >= 11 is 5.53. The predicted molar refractivity (Wildman–Crippen MR) is 205 cm³/mol. The van der Waals surface area contributed by atoms with Gasteiger partial charge in [0.15, 0.2) is 22.9 Å². The van der Waals surface area contributed by atoms with Crippen molar-refractivity contribution in [2.24, 2.45) is 4.99 Å². The number of hydrogen-bond donors (Lipinski definition) is 0. The largest absolute Gasteiger partial charge is 0.490 e. The lowest BCUT2D eigenvalue weighted by Crippen LogP contribution is -2.40.